The SMILES string of the molecule is NCCCCCNCC(=O)N1CCN(C(=O)c2cc(Cc3n[nH]c(=O)c4ccccc34)ccc2F)CC1.[HH]. The summed E-state index contributed by atoms with van der Waals surface area (Å²) >= 11 is 0. The fraction of sp³-hybridized carbons (Fsp3) is 0.407. The van der Waals surface area contributed by atoms with Crippen LogP contribution in [0.1, 0.15) is 42.3 Å². The number of piperazine rings is 1. The number of fused-ring (bicyclic) bond motifs is 1. The Labute approximate surface area is 216 Å². The molecule has 0 unspecified atom stereocenters. The second-order valence-electron chi connectivity index (χ2n) is 9.24. The number of aromatic amines is 1. The third-order valence-corrected chi connectivity index (χ3v) is 6.66. The number of carbonyl (C=O) groups excluding carboxylic acids is 2. The van der Waals surface area contributed by atoms with E-state index in [0.717, 1.165) is 25.8 Å². The lowest BCUT2D eigenvalue weighted by Crippen LogP contribution is -2.52. The molecule has 10 heteroatoms. The molecule has 1 fully saturated rings. The van der Waals surface area contributed by atoms with Crippen LogP contribution in [0.5, 0.6) is 0 Å². The first-order chi connectivity index (χ1) is 18.0. The average Bonchev–Trinajstić information content (AvgIpc) is 2.93. The summed E-state index contributed by atoms with van der Waals surface area (Å²) in [6, 6.07) is 11.6. The Morgan fingerprint density at radius 2 is 1.76 bits per heavy atom. The maximum Gasteiger partial charge on any atom is 0.272 e. The summed E-state index contributed by atoms with van der Waals surface area (Å²) in [5.74, 6) is -0.992. The van der Waals surface area contributed by atoms with E-state index >= 15 is 0 Å². The van der Waals surface area contributed by atoms with Crippen molar-refractivity contribution in [3.8, 4) is 0 Å². The second-order valence-corrected chi connectivity index (χ2v) is 9.24. The van der Waals surface area contributed by atoms with E-state index in [1.54, 1.807) is 34.1 Å². The molecule has 0 saturated carbocycles. The monoisotopic (exact) mass is 510 g/mol. The van der Waals surface area contributed by atoms with Crippen molar-refractivity contribution in [1.82, 2.24) is 25.3 Å². The highest BCUT2D eigenvalue weighted by Gasteiger charge is 2.26. The molecule has 3 aromatic rings. The van der Waals surface area contributed by atoms with Gasteiger partial charge in [0.2, 0.25) is 5.91 Å². The topological polar surface area (TPSA) is 124 Å². The number of nitrogens with one attached hydrogen (secondary N) is 2. The number of nitrogens with zero attached hydrogens (tertiary/aromatic N) is 3. The number of nitrogens with two attached hydrogens (primary N) is 1. The number of halogens is 1. The molecule has 1 saturated heterocycles. The van der Waals surface area contributed by atoms with Crippen LogP contribution in [0.25, 0.3) is 10.8 Å². The number of H-pyrrole nitrogens is 1. The first-order valence-electron chi connectivity index (χ1n) is 12.7. The molecule has 1 aliphatic heterocycles. The van der Waals surface area contributed by atoms with Gasteiger partial charge in [-0.15, -0.1) is 0 Å². The molecular weight excluding hydrogens is 475 g/mol. The molecule has 9 nitrogen and oxygen atoms in total. The van der Waals surface area contributed by atoms with Gasteiger partial charge in [-0.1, -0.05) is 30.7 Å². The smallest absolute Gasteiger partial charge is 0.272 e. The van der Waals surface area contributed by atoms with Gasteiger partial charge in [-0.2, -0.15) is 5.10 Å². The molecule has 4 N–H and O–H groups in total. The van der Waals surface area contributed by atoms with Crippen molar-refractivity contribution in [2.75, 3.05) is 45.8 Å². The van der Waals surface area contributed by atoms with E-state index in [0.29, 0.717) is 61.2 Å². The summed E-state index contributed by atoms with van der Waals surface area (Å²) < 4.78 is 14.7. The Hall–Kier alpha value is -3.63. The van der Waals surface area contributed by atoms with Crippen molar-refractivity contribution in [3.05, 3.63) is 75.5 Å². The van der Waals surface area contributed by atoms with E-state index < -0.39 is 11.7 Å². The van der Waals surface area contributed by atoms with Gasteiger partial charge in [0.25, 0.3) is 11.5 Å². The molecule has 37 heavy (non-hydrogen) atoms. The van der Waals surface area contributed by atoms with Gasteiger partial charge in [0.15, 0.2) is 0 Å². The molecule has 2 amide bonds. The zero-order valence-electron chi connectivity index (χ0n) is 20.8. The number of hydrogen-bond donors (Lipinski definition) is 3. The van der Waals surface area contributed by atoms with Crippen LogP contribution in [0.2, 0.25) is 0 Å². The minimum atomic E-state index is -0.592. The summed E-state index contributed by atoms with van der Waals surface area (Å²) in [4.78, 5) is 41.0. The van der Waals surface area contributed by atoms with E-state index in [9.17, 15) is 18.8 Å². The Balaban J connectivity index is 0.00000400. The van der Waals surface area contributed by atoms with Gasteiger partial charge in [0.05, 0.1) is 23.2 Å². The zero-order valence-corrected chi connectivity index (χ0v) is 20.8. The fourth-order valence-corrected chi connectivity index (χ4v) is 4.55. The summed E-state index contributed by atoms with van der Waals surface area (Å²) in [7, 11) is 0. The maximum atomic E-state index is 14.7. The highest BCUT2D eigenvalue weighted by Crippen LogP contribution is 2.20. The van der Waals surface area contributed by atoms with Gasteiger partial charge in [-0.3, -0.25) is 14.4 Å². The molecule has 0 bridgehead atoms. The van der Waals surface area contributed by atoms with E-state index in [1.165, 1.54) is 6.07 Å². The highest BCUT2D eigenvalue weighted by molar-refractivity contribution is 5.95. The van der Waals surface area contributed by atoms with Crippen molar-refractivity contribution in [2.45, 2.75) is 25.7 Å². The van der Waals surface area contributed by atoms with Crippen LogP contribution in [-0.2, 0) is 11.2 Å². The lowest BCUT2D eigenvalue weighted by molar-refractivity contribution is -0.131. The lowest BCUT2D eigenvalue weighted by atomic mass is 10.0. The van der Waals surface area contributed by atoms with Crippen molar-refractivity contribution in [3.63, 3.8) is 0 Å². The third kappa shape index (κ3) is 6.58. The molecule has 2 heterocycles. The van der Waals surface area contributed by atoms with E-state index in [2.05, 4.69) is 15.5 Å². The number of unbranched alkanes of at least 4 members (excludes halogenated alkanes) is 2. The Bertz CT molecular complexity index is 1310. The summed E-state index contributed by atoms with van der Waals surface area (Å²) in [6.07, 6.45) is 3.33. The standard InChI is InChI=1S/C27H33FN6O3.H2/c28-23-9-8-19(17-24-20-6-2-3-7-21(20)26(36)32-31-24)16-22(23)27(37)34-14-12-33(13-15-34)25(35)18-30-11-5-1-4-10-29;/h2-3,6-9,16,30H,1,4-5,10-15,17-18,29H2,(H,32,36);1H. The van der Waals surface area contributed by atoms with Crippen molar-refractivity contribution < 1.29 is 15.4 Å². The largest absolute Gasteiger partial charge is 0.338 e. The number of rotatable bonds is 10. The second kappa shape index (κ2) is 12.6. The lowest BCUT2D eigenvalue weighted by Gasteiger charge is -2.35. The molecule has 198 valence electrons. The number of benzene rings is 2. The Morgan fingerprint density at radius 3 is 2.51 bits per heavy atom. The van der Waals surface area contributed by atoms with Crippen LogP contribution in [0, 0.1) is 5.82 Å². The van der Waals surface area contributed by atoms with Crippen LogP contribution in [0.3, 0.4) is 0 Å². The number of hydrogen-bond acceptors (Lipinski definition) is 6. The van der Waals surface area contributed by atoms with Crippen molar-refractivity contribution in [1.29, 1.82) is 0 Å². The van der Waals surface area contributed by atoms with Gasteiger partial charge in [0.1, 0.15) is 5.82 Å². The maximum absolute atomic E-state index is 14.7. The van der Waals surface area contributed by atoms with Gasteiger partial charge in [-0.25, -0.2) is 9.49 Å². The molecule has 0 atom stereocenters. The molecule has 1 aromatic heterocycles. The quantitative estimate of drug-likeness (QED) is 0.358. The van der Waals surface area contributed by atoms with Crippen LogP contribution in [0.4, 0.5) is 4.39 Å². The predicted molar refractivity (Wildman–Crippen MR) is 142 cm³/mol. The fourth-order valence-electron chi connectivity index (χ4n) is 4.55. The highest BCUT2D eigenvalue weighted by atomic mass is 19.1. The van der Waals surface area contributed by atoms with Crippen LogP contribution >= 0.6 is 0 Å². The number of amides is 2. The van der Waals surface area contributed by atoms with E-state index in [4.69, 9.17) is 5.73 Å². The van der Waals surface area contributed by atoms with E-state index in [-0.39, 0.29) is 25.0 Å². The molecule has 4 rings (SSSR count). The summed E-state index contributed by atoms with van der Waals surface area (Å²) in [5, 5.41) is 11.1. The first kappa shape index (κ1) is 26.4. The molecule has 1 aliphatic rings. The molecule has 0 aliphatic carbocycles. The van der Waals surface area contributed by atoms with E-state index in [1.807, 2.05) is 12.1 Å². The van der Waals surface area contributed by atoms with Gasteiger partial charge >= 0.3 is 0 Å². The number of aromatic nitrogens is 2. The Morgan fingerprint density at radius 1 is 1.03 bits per heavy atom. The molecule has 0 spiro atoms. The molecule has 0 radical (unpaired) electrons. The first-order valence-corrected chi connectivity index (χ1v) is 12.7. The number of carbonyl (C=O) groups is 2. The summed E-state index contributed by atoms with van der Waals surface area (Å²) in [5.41, 5.74) is 6.55. The van der Waals surface area contributed by atoms with Gasteiger partial charge < -0.3 is 20.9 Å². The van der Waals surface area contributed by atoms with Crippen molar-refractivity contribution in [2.24, 2.45) is 5.73 Å². The Kier molecular flexibility index (Phi) is 8.97. The third-order valence-electron chi connectivity index (χ3n) is 6.66. The van der Waals surface area contributed by atoms with Crippen LogP contribution in [0.15, 0.2) is 47.3 Å². The average molecular weight is 511 g/mol. The molecule has 2 aromatic carbocycles. The van der Waals surface area contributed by atoms with Gasteiger partial charge in [-0.05, 0) is 49.7 Å². The van der Waals surface area contributed by atoms with Crippen LogP contribution < -0.4 is 16.6 Å². The zero-order chi connectivity index (χ0) is 26.2. The van der Waals surface area contributed by atoms with Crippen LogP contribution in [-0.4, -0.2) is 77.6 Å². The van der Waals surface area contributed by atoms with Gasteiger partial charge in [0, 0.05) is 39.4 Å². The minimum absolute atomic E-state index is 0. The summed E-state index contributed by atoms with van der Waals surface area (Å²) in [6.45, 7) is 3.22. The van der Waals surface area contributed by atoms with Crippen molar-refractivity contribution >= 4 is 22.6 Å². The minimum Gasteiger partial charge on any atom is -0.338 e. The normalized spacial score (nSPS) is 13.8. The predicted octanol–water partition coefficient (Wildman–Crippen LogP) is 1.90. The molecular formula is C27H35FN6O3.